The third-order valence-electron chi connectivity index (χ3n) is 3.20. The molecule has 1 aliphatic heterocycles. The zero-order chi connectivity index (χ0) is 12.3. The molecule has 0 aliphatic carbocycles. The molecule has 0 aromatic heterocycles. The molecule has 17 heavy (non-hydrogen) atoms. The normalized spacial score (nSPS) is 17.3. The van der Waals surface area contributed by atoms with Crippen molar-refractivity contribution in [3.05, 3.63) is 35.6 Å². The van der Waals surface area contributed by atoms with Gasteiger partial charge in [0.15, 0.2) is 0 Å². The van der Waals surface area contributed by atoms with E-state index < -0.39 is 5.92 Å². The monoisotopic (exact) mass is 236 g/mol. The molecule has 2 N–H and O–H groups in total. The van der Waals surface area contributed by atoms with Gasteiger partial charge in [0.2, 0.25) is 5.91 Å². The van der Waals surface area contributed by atoms with Crippen molar-refractivity contribution < 1.29 is 9.18 Å². The van der Waals surface area contributed by atoms with Gasteiger partial charge in [-0.15, -0.1) is 0 Å². The Hall–Kier alpha value is -1.42. The third kappa shape index (κ3) is 2.82. The number of carbonyl (C=O) groups excluding carboxylic acids is 1. The molecule has 0 spiro atoms. The Morgan fingerprint density at radius 3 is 2.82 bits per heavy atom. The van der Waals surface area contributed by atoms with Crippen LogP contribution < -0.4 is 10.6 Å². The standard InChI is InChI=1S/C13H17FN2O/c1-9(11-4-2-3-5-12(11)14)13(17)16-8-10-6-15-7-10/h2-5,9-10,15H,6-8H2,1H3,(H,16,17). The molecule has 4 heteroatoms. The Labute approximate surface area is 100 Å². The first-order valence-electron chi connectivity index (χ1n) is 5.91. The summed E-state index contributed by atoms with van der Waals surface area (Å²) in [6.45, 7) is 4.31. The molecule has 1 fully saturated rings. The smallest absolute Gasteiger partial charge is 0.227 e. The van der Waals surface area contributed by atoms with Crippen molar-refractivity contribution in [2.45, 2.75) is 12.8 Å². The van der Waals surface area contributed by atoms with Crippen LogP contribution >= 0.6 is 0 Å². The van der Waals surface area contributed by atoms with Crippen LogP contribution in [0.3, 0.4) is 0 Å². The molecule has 1 aliphatic rings. The molecular weight excluding hydrogens is 219 g/mol. The summed E-state index contributed by atoms with van der Waals surface area (Å²) in [5.41, 5.74) is 0.455. The minimum Gasteiger partial charge on any atom is -0.355 e. The van der Waals surface area contributed by atoms with E-state index in [0.29, 0.717) is 18.0 Å². The topological polar surface area (TPSA) is 41.1 Å². The molecule has 92 valence electrons. The predicted molar refractivity (Wildman–Crippen MR) is 64.2 cm³/mol. The summed E-state index contributed by atoms with van der Waals surface area (Å²) in [4.78, 5) is 11.8. The number of hydrogen-bond donors (Lipinski definition) is 2. The van der Waals surface area contributed by atoms with E-state index in [4.69, 9.17) is 0 Å². The van der Waals surface area contributed by atoms with Gasteiger partial charge in [-0.25, -0.2) is 4.39 Å². The van der Waals surface area contributed by atoms with Crippen LogP contribution in [0.1, 0.15) is 18.4 Å². The first-order chi connectivity index (χ1) is 8.18. The molecule has 1 saturated heterocycles. The van der Waals surface area contributed by atoms with Crippen LogP contribution in [-0.4, -0.2) is 25.5 Å². The lowest BCUT2D eigenvalue weighted by atomic mass is 9.98. The molecular formula is C13H17FN2O. The Balaban J connectivity index is 1.92. The summed E-state index contributed by atoms with van der Waals surface area (Å²) in [5, 5.41) is 6.01. The van der Waals surface area contributed by atoms with Gasteiger partial charge in [-0.2, -0.15) is 0 Å². The lowest BCUT2D eigenvalue weighted by Gasteiger charge is -2.27. The second kappa shape index (κ2) is 5.27. The second-order valence-electron chi connectivity index (χ2n) is 4.51. The van der Waals surface area contributed by atoms with Crippen LogP contribution in [0, 0.1) is 11.7 Å². The first-order valence-corrected chi connectivity index (χ1v) is 5.91. The molecule has 1 amide bonds. The van der Waals surface area contributed by atoms with Gasteiger partial charge in [-0.1, -0.05) is 18.2 Å². The van der Waals surface area contributed by atoms with Gasteiger partial charge in [0, 0.05) is 25.6 Å². The Bertz CT molecular complexity index is 404. The number of carbonyl (C=O) groups is 1. The highest BCUT2D eigenvalue weighted by atomic mass is 19.1. The first kappa shape index (κ1) is 12.0. The second-order valence-corrected chi connectivity index (χ2v) is 4.51. The van der Waals surface area contributed by atoms with Crippen molar-refractivity contribution in [3.8, 4) is 0 Å². The molecule has 1 atom stereocenters. The highest BCUT2D eigenvalue weighted by molar-refractivity contribution is 5.83. The van der Waals surface area contributed by atoms with Crippen molar-refractivity contribution in [1.29, 1.82) is 0 Å². The fourth-order valence-corrected chi connectivity index (χ4v) is 1.86. The highest BCUT2D eigenvalue weighted by Crippen LogP contribution is 2.18. The van der Waals surface area contributed by atoms with Crippen molar-refractivity contribution in [2.75, 3.05) is 19.6 Å². The van der Waals surface area contributed by atoms with E-state index in [1.54, 1.807) is 25.1 Å². The van der Waals surface area contributed by atoms with E-state index in [-0.39, 0.29) is 11.7 Å². The average molecular weight is 236 g/mol. The van der Waals surface area contributed by atoms with Crippen molar-refractivity contribution in [3.63, 3.8) is 0 Å². The van der Waals surface area contributed by atoms with Gasteiger partial charge >= 0.3 is 0 Å². The van der Waals surface area contributed by atoms with Crippen LogP contribution in [0.5, 0.6) is 0 Å². The number of amides is 1. The molecule has 0 radical (unpaired) electrons. The molecule has 3 nitrogen and oxygen atoms in total. The predicted octanol–water partition coefficient (Wildman–Crippen LogP) is 1.26. The Morgan fingerprint density at radius 1 is 1.53 bits per heavy atom. The van der Waals surface area contributed by atoms with Gasteiger partial charge in [0.25, 0.3) is 0 Å². The van der Waals surface area contributed by atoms with Crippen LogP contribution in [0.2, 0.25) is 0 Å². The van der Waals surface area contributed by atoms with E-state index in [1.165, 1.54) is 6.07 Å². The van der Waals surface area contributed by atoms with Crippen LogP contribution in [0.25, 0.3) is 0 Å². The van der Waals surface area contributed by atoms with E-state index in [2.05, 4.69) is 10.6 Å². The zero-order valence-corrected chi connectivity index (χ0v) is 9.87. The number of nitrogens with one attached hydrogen (secondary N) is 2. The minimum atomic E-state index is -0.441. The maximum Gasteiger partial charge on any atom is 0.227 e. The molecule has 0 bridgehead atoms. The van der Waals surface area contributed by atoms with Gasteiger partial charge in [0.1, 0.15) is 5.82 Å². The molecule has 0 saturated carbocycles. The maximum absolute atomic E-state index is 13.5. The van der Waals surface area contributed by atoms with E-state index in [9.17, 15) is 9.18 Å². The number of benzene rings is 1. The fourth-order valence-electron chi connectivity index (χ4n) is 1.86. The largest absolute Gasteiger partial charge is 0.355 e. The molecule has 1 aromatic rings. The summed E-state index contributed by atoms with van der Waals surface area (Å²) >= 11 is 0. The van der Waals surface area contributed by atoms with Gasteiger partial charge < -0.3 is 10.6 Å². The number of rotatable bonds is 4. The summed E-state index contributed by atoms with van der Waals surface area (Å²) in [6, 6.07) is 6.42. The Kier molecular flexibility index (Phi) is 3.74. The third-order valence-corrected chi connectivity index (χ3v) is 3.20. The quantitative estimate of drug-likeness (QED) is 0.826. The maximum atomic E-state index is 13.5. The molecule has 1 aromatic carbocycles. The van der Waals surface area contributed by atoms with Gasteiger partial charge in [-0.3, -0.25) is 4.79 Å². The summed E-state index contributed by atoms with van der Waals surface area (Å²) in [7, 11) is 0. The van der Waals surface area contributed by atoms with E-state index in [1.807, 2.05) is 0 Å². The van der Waals surface area contributed by atoms with E-state index in [0.717, 1.165) is 13.1 Å². The number of halogens is 1. The van der Waals surface area contributed by atoms with Gasteiger partial charge in [-0.05, 0) is 18.6 Å². The van der Waals surface area contributed by atoms with Crippen LogP contribution in [-0.2, 0) is 4.79 Å². The summed E-state index contributed by atoms with van der Waals surface area (Å²) in [6.07, 6.45) is 0. The summed E-state index contributed by atoms with van der Waals surface area (Å²) in [5.74, 6) is -0.349. The van der Waals surface area contributed by atoms with Gasteiger partial charge in [0.05, 0.1) is 5.92 Å². The fraction of sp³-hybridized carbons (Fsp3) is 0.462. The van der Waals surface area contributed by atoms with Crippen molar-refractivity contribution in [2.24, 2.45) is 5.92 Å². The summed E-state index contributed by atoms with van der Waals surface area (Å²) < 4.78 is 13.5. The SMILES string of the molecule is CC(C(=O)NCC1CNC1)c1ccccc1F. The van der Waals surface area contributed by atoms with Crippen LogP contribution in [0.15, 0.2) is 24.3 Å². The minimum absolute atomic E-state index is 0.109. The molecule has 1 heterocycles. The highest BCUT2D eigenvalue weighted by Gasteiger charge is 2.21. The van der Waals surface area contributed by atoms with E-state index >= 15 is 0 Å². The average Bonchev–Trinajstić information content (AvgIpc) is 2.26. The lowest BCUT2D eigenvalue weighted by Crippen LogP contribution is -2.48. The lowest BCUT2D eigenvalue weighted by molar-refractivity contribution is -0.122. The van der Waals surface area contributed by atoms with Crippen LogP contribution in [0.4, 0.5) is 4.39 Å². The van der Waals surface area contributed by atoms with Crippen molar-refractivity contribution >= 4 is 5.91 Å². The number of hydrogen-bond acceptors (Lipinski definition) is 2. The Morgan fingerprint density at radius 2 is 2.24 bits per heavy atom. The molecule has 2 rings (SSSR count). The zero-order valence-electron chi connectivity index (χ0n) is 9.87. The molecule has 1 unspecified atom stereocenters. The van der Waals surface area contributed by atoms with Crippen molar-refractivity contribution in [1.82, 2.24) is 10.6 Å².